The number of nitrogens with one attached hydrogen (secondary N) is 1. The Morgan fingerprint density at radius 1 is 1.47 bits per heavy atom. The van der Waals surface area contributed by atoms with Gasteiger partial charge in [-0.15, -0.1) is 0 Å². The molecule has 0 bridgehead atoms. The molecule has 19 heavy (non-hydrogen) atoms. The molecule has 1 aromatic rings. The van der Waals surface area contributed by atoms with Crippen LogP contribution in [0.2, 0.25) is 0 Å². The van der Waals surface area contributed by atoms with E-state index in [0.717, 1.165) is 13.1 Å². The Morgan fingerprint density at radius 2 is 2.26 bits per heavy atom. The molecule has 0 spiro atoms. The lowest BCUT2D eigenvalue weighted by molar-refractivity contribution is 0.166. The molecule has 1 fully saturated rings. The average Bonchev–Trinajstić information content (AvgIpc) is 2.67. The van der Waals surface area contributed by atoms with Crippen LogP contribution in [-0.2, 0) is 6.54 Å². The molecule has 1 saturated carbocycles. The van der Waals surface area contributed by atoms with E-state index in [1.165, 1.54) is 18.4 Å². The molecule has 0 radical (unpaired) electrons. The van der Waals surface area contributed by atoms with Crippen LogP contribution in [0.15, 0.2) is 24.5 Å². The zero-order chi connectivity index (χ0) is 13.9. The third-order valence-electron chi connectivity index (χ3n) is 4.46. The van der Waals surface area contributed by atoms with Crippen molar-refractivity contribution >= 4 is 0 Å². The predicted octanol–water partition coefficient (Wildman–Crippen LogP) is 2.68. The van der Waals surface area contributed by atoms with Crippen LogP contribution >= 0.6 is 0 Å². The summed E-state index contributed by atoms with van der Waals surface area (Å²) in [5, 5.41) is 3.69. The quantitative estimate of drug-likeness (QED) is 0.883. The molecule has 2 unspecified atom stereocenters. The molecular weight excluding hydrogens is 234 g/mol. The van der Waals surface area contributed by atoms with E-state index in [-0.39, 0.29) is 0 Å². The van der Waals surface area contributed by atoms with Gasteiger partial charge in [0.25, 0.3) is 0 Å². The zero-order valence-electron chi connectivity index (χ0n) is 12.7. The summed E-state index contributed by atoms with van der Waals surface area (Å²) in [7, 11) is 2.24. The minimum Gasteiger partial charge on any atom is -0.312 e. The van der Waals surface area contributed by atoms with Gasteiger partial charge in [0.1, 0.15) is 0 Å². The van der Waals surface area contributed by atoms with Crippen LogP contribution in [-0.4, -0.2) is 35.6 Å². The molecule has 106 valence electrons. The second-order valence-corrected chi connectivity index (χ2v) is 6.41. The largest absolute Gasteiger partial charge is 0.312 e. The molecular formula is C16H27N3. The van der Waals surface area contributed by atoms with Crippen molar-refractivity contribution in [2.75, 3.05) is 13.6 Å². The van der Waals surface area contributed by atoms with Gasteiger partial charge in [-0.2, -0.15) is 0 Å². The molecule has 3 heteroatoms. The van der Waals surface area contributed by atoms with Gasteiger partial charge in [0, 0.05) is 31.0 Å². The van der Waals surface area contributed by atoms with E-state index < -0.39 is 0 Å². The van der Waals surface area contributed by atoms with Gasteiger partial charge < -0.3 is 5.32 Å². The summed E-state index contributed by atoms with van der Waals surface area (Å²) in [4.78, 5) is 6.69. The number of aromatic nitrogens is 1. The molecule has 1 aliphatic carbocycles. The van der Waals surface area contributed by atoms with E-state index in [4.69, 9.17) is 0 Å². The van der Waals surface area contributed by atoms with Gasteiger partial charge in [-0.25, -0.2) is 0 Å². The molecule has 1 heterocycles. The second kappa shape index (κ2) is 6.02. The Balaban J connectivity index is 2.04. The summed E-state index contributed by atoms with van der Waals surface area (Å²) in [6, 6.07) is 5.38. The molecule has 2 rings (SSSR count). The van der Waals surface area contributed by atoms with Crippen molar-refractivity contribution < 1.29 is 0 Å². The number of hydrogen-bond donors (Lipinski definition) is 1. The fourth-order valence-corrected chi connectivity index (χ4v) is 3.37. The van der Waals surface area contributed by atoms with Crippen molar-refractivity contribution in [1.29, 1.82) is 0 Å². The summed E-state index contributed by atoms with van der Waals surface area (Å²) in [6.45, 7) is 9.00. The molecule has 0 aromatic carbocycles. The van der Waals surface area contributed by atoms with Crippen LogP contribution in [0.4, 0.5) is 0 Å². The van der Waals surface area contributed by atoms with Crippen LogP contribution in [0.25, 0.3) is 0 Å². The van der Waals surface area contributed by atoms with Gasteiger partial charge in [0.05, 0.1) is 0 Å². The molecule has 1 N–H and O–H groups in total. The van der Waals surface area contributed by atoms with Gasteiger partial charge in [-0.3, -0.25) is 9.88 Å². The fraction of sp³-hybridized carbons (Fsp3) is 0.688. The SMILES string of the molecule is CCNC1C(N(C)Cc2cccnc2)CCC1(C)C. The van der Waals surface area contributed by atoms with Crippen LogP contribution in [0.1, 0.15) is 39.2 Å². The summed E-state index contributed by atoms with van der Waals surface area (Å²) < 4.78 is 0. The lowest BCUT2D eigenvalue weighted by Crippen LogP contribution is -2.50. The minimum atomic E-state index is 0.393. The number of hydrogen-bond acceptors (Lipinski definition) is 3. The van der Waals surface area contributed by atoms with Crippen molar-refractivity contribution in [3.63, 3.8) is 0 Å². The smallest absolute Gasteiger partial charge is 0.0312 e. The maximum atomic E-state index is 4.21. The van der Waals surface area contributed by atoms with Crippen molar-refractivity contribution in [1.82, 2.24) is 15.2 Å². The highest BCUT2D eigenvalue weighted by atomic mass is 15.2. The van der Waals surface area contributed by atoms with Crippen LogP contribution in [0.5, 0.6) is 0 Å². The van der Waals surface area contributed by atoms with Gasteiger partial charge in [0.2, 0.25) is 0 Å². The third kappa shape index (κ3) is 3.34. The number of nitrogens with zero attached hydrogens (tertiary/aromatic N) is 2. The normalized spacial score (nSPS) is 25.9. The fourth-order valence-electron chi connectivity index (χ4n) is 3.37. The first kappa shape index (κ1) is 14.5. The maximum Gasteiger partial charge on any atom is 0.0312 e. The zero-order valence-corrected chi connectivity index (χ0v) is 12.7. The highest BCUT2D eigenvalue weighted by Crippen LogP contribution is 2.39. The average molecular weight is 261 g/mol. The number of likely N-dealkylation sites (N-methyl/N-ethyl adjacent to an activating group) is 2. The molecule has 2 atom stereocenters. The summed E-state index contributed by atoms with van der Waals surface area (Å²) >= 11 is 0. The standard InChI is InChI=1S/C16H27N3/c1-5-18-15-14(8-9-16(15,2)3)19(4)12-13-7-6-10-17-11-13/h6-7,10-11,14-15,18H,5,8-9,12H2,1-4H3. The van der Waals surface area contributed by atoms with E-state index in [9.17, 15) is 0 Å². The van der Waals surface area contributed by atoms with Gasteiger partial charge in [-0.1, -0.05) is 26.8 Å². The van der Waals surface area contributed by atoms with E-state index in [2.05, 4.69) is 49.1 Å². The number of pyridine rings is 1. The van der Waals surface area contributed by atoms with Gasteiger partial charge in [-0.05, 0) is 43.5 Å². The molecule has 1 aliphatic rings. The first-order valence-electron chi connectivity index (χ1n) is 7.37. The van der Waals surface area contributed by atoms with Crippen molar-refractivity contribution in [3.8, 4) is 0 Å². The van der Waals surface area contributed by atoms with Gasteiger partial charge in [0.15, 0.2) is 0 Å². The maximum absolute atomic E-state index is 4.21. The van der Waals surface area contributed by atoms with E-state index in [1.54, 1.807) is 0 Å². The lowest BCUT2D eigenvalue weighted by Gasteiger charge is -2.36. The Morgan fingerprint density at radius 3 is 2.89 bits per heavy atom. The summed E-state index contributed by atoms with van der Waals surface area (Å²) in [5.41, 5.74) is 1.69. The molecule has 1 aromatic heterocycles. The van der Waals surface area contributed by atoms with Crippen LogP contribution in [0, 0.1) is 5.41 Å². The Labute approximate surface area is 117 Å². The van der Waals surface area contributed by atoms with Crippen molar-refractivity contribution in [2.24, 2.45) is 5.41 Å². The van der Waals surface area contributed by atoms with Crippen LogP contribution in [0.3, 0.4) is 0 Å². The number of rotatable bonds is 5. The first-order valence-corrected chi connectivity index (χ1v) is 7.37. The van der Waals surface area contributed by atoms with Gasteiger partial charge >= 0.3 is 0 Å². The van der Waals surface area contributed by atoms with Crippen LogP contribution < -0.4 is 5.32 Å². The Kier molecular flexibility index (Phi) is 4.58. The van der Waals surface area contributed by atoms with Crippen molar-refractivity contribution in [2.45, 2.75) is 52.2 Å². The molecule has 0 amide bonds. The Hall–Kier alpha value is -0.930. The molecule has 0 saturated heterocycles. The van der Waals surface area contributed by atoms with E-state index in [1.807, 2.05) is 18.5 Å². The van der Waals surface area contributed by atoms with E-state index >= 15 is 0 Å². The first-order chi connectivity index (χ1) is 9.04. The third-order valence-corrected chi connectivity index (χ3v) is 4.46. The summed E-state index contributed by atoms with van der Waals surface area (Å²) in [5.74, 6) is 0. The highest BCUT2D eigenvalue weighted by Gasteiger charge is 2.42. The summed E-state index contributed by atoms with van der Waals surface area (Å²) in [6.07, 6.45) is 6.39. The topological polar surface area (TPSA) is 28.2 Å². The van der Waals surface area contributed by atoms with Crippen molar-refractivity contribution in [3.05, 3.63) is 30.1 Å². The highest BCUT2D eigenvalue weighted by molar-refractivity contribution is 5.09. The monoisotopic (exact) mass is 261 g/mol. The Bertz CT molecular complexity index is 388. The molecule has 3 nitrogen and oxygen atoms in total. The lowest BCUT2D eigenvalue weighted by atomic mass is 9.86. The van der Waals surface area contributed by atoms with E-state index in [0.29, 0.717) is 17.5 Å². The predicted molar refractivity (Wildman–Crippen MR) is 80.0 cm³/mol. The molecule has 0 aliphatic heterocycles. The second-order valence-electron chi connectivity index (χ2n) is 6.41. The minimum absolute atomic E-state index is 0.393.